The van der Waals surface area contributed by atoms with Crippen molar-refractivity contribution in [1.29, 1.82) is 0 Å². The van der Waals surface area contributed by atoms with Crippen molar-refractivity contribution in [3.8, 4) is 45.7 Å². The van der Waals surface area contributed by atoms with Gasteiger partial charge < -0.3 is 28.7 Å². The number of imidazole rings is 1. The molecule has 0 radical (unpaired) electrons. The molecule has 0 aliphatic rings. The third-order valence-corrected chi connectivity index (χ3v) is 6.03. The number of rotatable bonds is 8. The van der Waals surface area contributed by atoms with E-state index in [2.05, 4.69) is 15.0 Å². The lowest BCUT2D eigenvalue weighted by Gasteiger charge is -2.14. The molecule has 0 amide bonds. The SMILES string of the molecule is COc1ccc(-c2cc3c(cn2)[nH]c(=O)n3-c2cc(OC)c(OC)c(OC)c2)cc1OC(=O)c1cccnc1. The molecule has 0 fully saturated rings. The normalized spacial score (nSPS) is 10.8. The zero-order valence-corrected chi connectivity index (χ0v) is 21.6. The van der Waals surface area contributed by atoms with Crippen LogP contribution in [0.1, 0.15) is 10.4 Å². The van der Waals surface area contributed by atoms with Crippen molar-refractivity contribution in [2.75, 3.05) is 28.4 Å². The van der Waals surface area contributed by atoms with E-state index in [0.29, 0.717) is 56.5 Å². The molecule has 0 bridgehead atoms. The van der Waals surface area contributed by atoms with Gasteiger partial charge in [0, 0.05) is 30.1 Å². The number of aromatic nitrogens is 4. The van der Waals surface area contributed by atoms with Crippen molar-refractivity contribution >= 4 is 17.0 Å². The first-order valence-corrected chi connectivity index (χ1v) is 11.7. The fourth-order valence-corrected chi connectivity index (χ4v) is 4.18. The highest BCUT2D eigenvalue weighted by atomic mass is 16.6. The highest BCUT2D eigenvalue weighted by molar-refractivity contribution is 5.91. The van der Waals surface area contributed by atoms with E-state index in [-0.39, 0.29) is 11.4 Å². The highest BCUT2D eigenvalue weighted by Gasteiger charge is 2.19. The van der Waals surface area contributed by atoms with E-state index >= 15 is 0 Å². The van der Waals surface area contributed by atoms with Crippen LogP contribution in [0.5, 0.6) is 28.7 Å². The van der Waals surface area contributed by atoms with Crippen LogP contribution in [0.3, 0.4) is 0 Å². The number of ether oxygens (including phenoxy) is 5. The zero-order chi connectivity index (χ0) is 27.5. The number of hydrogen-bond acceptors (Lipinski definition) is 9. The average molecular weight is 529 g/mol. The first kappa shape index (κ1) is 25.3. The van der Waals surface area contributed by atoms with E-state index in [1.54, 1.807) is 60.9 Å². The molecule has 3 aromatic heterocycles. The van der Waals surface area contributed by atoms with Gasteiger partial charge in [-0.15, -0.1) is 0 Å². The van der Waals surface area contributed by atoms with E-state index < -0.39 is 5.97 Å². The number of esters is 1. The minimum atomic E-state index is -0.580. The van der Waals surface area contributed by atoms with Gasteiger partial charge in [0.15, 0.2) is 23.0 Å². The van der Waals surface area contributed by atoms with Gasteiger partial charge >= 0.3 is 11.7 Å². The number of hydrogen-bond donors (Lipinski definition) is 1. The number of carbonyl (C=O) groups is 1. The summed E-state index contributed by atoms with van der Waals surface area (Å²) < 4.78 is 28.8. The maximum atomic E-state index is 13.0. The highest BCUT2D eigenvalue weighted by Crippen LogP contribution is 2.40. The zero-order valence-electron chi connectivity index (χ0n) is 21.6. The number of fused-ring (bicyclic) bond motifs is 1. The van der Waals surface area contributed by atoms with Crippen molar-refractivity contribution in [2.45, 2.75) is 0 Å². The third-order valence-electron chi connectivity index (χ3n) is 6.03. The Morgan fingerprint density at radius 2 is 1.59 bits per heavy atom. The summed E-state index contributed by atoms with van der Waals surface area (Å²) >= 11 is 0. The summed E-state index contributed by atoms with van der Waals surface area (Å²) in [5.41, 5.74) is 2.67. The van der Waals surface area contributed by atoms with Crippen LogP contribution in [0.2, 0.25) is 0 Å². The number of pyridine rings is 2. The number of aromatic amines is 1. The van der Waals surface area contributed by atoms with E-state index in [9.17, 15) is 9.59 Å². The Morgan fingerprint density at radius 1 is 0.846 bits per heavy atom. The van der Waals surface area contributed by atoms with Crippen LogP contribution >= 0.6 is 0 Å². The van der Waals surface area contributed by atoms with Gasteiger partial charge in [-0.25, -0.2) is 9.59 Å². The standard InChI is InChI=1S/C28H24N4O7/c1-35-22-8-7-16(10-23(22)39-27(33)17-6-5-9-29-14-17)19-13-21-20(15-30-19)31-28(34)32(21)18-11-24(36-2)26(38-4)25(12-18)37-3/h5-15H,1-4H3,(H,31,34). The summed E-state index contributed by atoms with van der Waals surface area (Å²) in [5, 5.41) is 0. The van der Waals surface area contributed by atoms with Crippen LogP contribution in [-0.2, 0) is 0 Å². The third kappa shape index (κ3) is 4.73. The quantitative estimate of drug-likeness (QED) is 0.235. The number of carbonyl (C=O) groups excluding carboxylic acids is 1. The van der Waals surface area contributed by atoms with Crippen molar-refractivity contribution in [1.82, 2.24) is 19.5 Å². The van der Waals surface area contributed by atoms with Gasteiger partial charge in [-0.1, -0.05) is 0 Å². The molecule has 5 rings (SSSR count). The number of benzene rings is 2. The maximum absolute atomic E-state index is 13.0. The summed E-state index contributed by atoms with van der Waals surface area (Å²) in [5.74, 6) is 1.21. The second kappa shape index (κ2) is 10.6. The van der Waals surface area contributed by atoms with Crippen LogP contribution in [-0.4, -0.2) is 53.9 Å². The smallest absolute Gasteiger partial charge is 0.345 e. The lowest BCUT2D eigenvalue weighted by molar-refractivity contribution is 0.0729. The molecule has 11 heteroatoms. The summed E-state index contributed by atoms with van der Waals surface area (Å²) in [6.07, 6.45) is 4.55. The molecule has 3 heterocycles. The molecule has 0 unspecified atom stereocenters. The predicted molar refractivity (Wildman–Crippen MR) is 143 cm³/mol. The summed E-state index contributed by atoms with van der Waals surface area (Å²) in [6.45, 7) is 0. The molecule has 11 nitrogen and oxygen atoms in total. The van der Waals surface area contributed by atoms with E-state index in [1.165, 1.54) is 39.2 Å². The Labute approximate surface area is 222 Å². The first-order chi connectivity index (χ1) is 19.0. The van der Waals surface area contributed by atoms with Gasteiger partial charge in [-0.3, -0.25) is 14.5 Å². The molecule has 0 spiro atoms. The minimum absolute atomic E-state index is 0.210. The van der Waals surface area contributed by atoms with Gasteiger partial charge in [0.05, 0.1) is 62.6 Å². The van der Waals surface area contributed by atoms with Gasteiger partial charge in [-0.2, -0.15) is 0 Å². The number of methoxy groups -OCH3 is 4. The average Bonchev–Trinajstić information content (AvgIpc) is 3.31. The molecule has 0 aliphatic carbocycles. The summed E-state index contributed by atoms with van der Waals surface area (Å²) in [6, 6.07) is 13.5. The molecular weight excluding hydrogens is 504 g/mol. The van der Waals surface area contributed by atoms with Crippen LogP contribution in [0.4, 0.5) is 0 Å². The molecule has 2 aromatic carbocycles. The fraction of sp³-hybridized carbons (Fsp3) is 0.143. The van der Waals surface area contributed by atoms with Crippen LogP contribution in [0.15, 0.2) is 71.9 Å². The molecule has 0 saturated carbocycles. The second-order valence-electron chi connectivity index (χ2n) is 8.23. The van der Waals surface area contributed by atoms with Gasteiger partial charge in [0.1, 0.15) is 0 Å². The Kier molecular flexibility index (Phi) is 6.87. The van der Waals surface area contributed by atoms with E-state index in [4.69, 9.17) is 23.7 Å². The van der Waals surface area contributed by atoms with E-state index in [0.717, 1.165) is 0 Å². The van der Waals surface area contributed by atoms with Crippen LogP contribution < -0.4 is 29.4 Å². The fourth-order valence-electron chi connectivity index (χ4n) is 4.18. The molecule has 5 aromatic rings. The molecule has 39 heavy (non-hydrogen) atoms. The Morgan fingerprint density at radius 3 is 2.23 bits per heavy atom. The Bertz CT molecular complexity index is 1700. The number of nitrogens with one attached hydrogen (secondary N) is 1. The maximum Gasteiger partial charge on any atom is 0.345 e. The van der Waals surface area contributed by atoms with Crippen molar-refractivity contribution in [3.05, 3.63) is 83.2 Å². The lowest BCUT2D eigenvalue weighted by Crippen LogP contribution is -2.15. The topological polar surface area (TPSA) is 127 Å². The first-order valence-electron chi connectivity index (χ1n) is 11.7. The lowest BCUT2D eigenvalue weighted by atomic mass is 10.1. The van der Waals surface area contributed by atoms with Gasteiger partial charge in [0.2, 0.25) is 5.75 Å². The predicted octanol–water partition coefficient (Wildman–Crippen LogP) is 4.03. The Balaban J connectivity index is 1.59. The van der Waals surface area contributed by atoms with Crippen LogP contribution in [0, 0.1) is 0 Å². The van der Waals surface area contributed by atoms with Gasteiger partial charge in [-0.05, 0) is 36.4 Å². The molecule has 0 saturated heterocycles. The minimum Gasteiger partial charge on any atom is -0.493 e. The molecular formula is C28H24N4O7. The van der Waals surface area contributed by atoms with Crippen molar-refractivity contribution in [2.24, 2.45) is 0 Å². The largest absolute Gasteiger partial charge is 0.493 e. The monoisotopic (exact) mass is 528 g/mol. The van der Waals surface area contributed by atoms with E-state index in [1.807, 2.05) is 0 Å². The summed E-state index contributed by atoms with van der Waals surface area (Å²) in [7, 11) is 6.00. The molecule has 0 atom stereocenters. The summed E-state index contributed by atoms with van der Waals surface area (Å²) in [4.78, 5) is 37.0. The van der Waals surface area contributed by atoms with Crippen LogP contribution in [0.25, 0.3) is 28.0 Å². The van der Waals surface area contributed by atoms with Crippen molar-refractivity contribution in [3.63, 3.8) is 0 Å². The molecule has 1 N–H and O–H groups in total. The second-order valence-corrected chi connectivity index (χ2v) is 8.23. The Hall–Kier alpha value is -5.32. The number of H-pyrrole nitrogens is 1. The molecule has 0 aliphatic heterocycles. The van der Waals surface area contributed by atoms with Crippen molar-refractivity contribution < 1.29 is 28.5 Å². The molecule has 198 valence electrons. The van der Waals surface area contributed by atoms with Gasteiger partial charge in [0.25, 0.3) is 0 Å². The number of nitrogens with zero attached hydrogens (tertiary/aromatic N) is 3.